The molecule has 0 spiro atoms. The molecule has 1 aromatic carbocycles. The number of halogens is 3. The number of aromatic nitrogens is 2. The molecule has 0 unspecified atom stereocenters. The monoisotopic (exact) mass is 526 g/mol. The SMILES string of the molecule is C[C@@H](Nc1nc(N2CCN(C(=O)[C@@H]3CCCN3C(=O)O)CC2)ncc1Cl)c1ccc(Cl)cc1Cl. The Morgan fingerprint density at radius 2 is 1.85 bits per heavy atom. The van der Waals surface area contributed by atoms with E-state index >= 15 is 0 Å². The summed E-state index contributed by atoms with van der Waals surface area (Å²) in [6.45, 7) is 4.35. The summed E-state index contributed by atoms with van der Waals surface area (Å²) in [4.78, 5) is 38.2. The van der Waals surface area contributed by atoms with E-state index in [2.05, 4.69) is 15.3 Å². The van der Waals surface area contributed by atoms with Crippen molar-refractivity contribution < 1.29 is 14.7 Å². The Bertz CT molecular complexity index is 1080. The number of amides is 2. The predicted molar refractivity (Wildman–Crippen MR) is 132 cm³/mol. The van der Waals surface area contributed by atoms with Crippen molar-refractivity contribution in [1.29, 1.82) is 0 Å². The molecule has 2 aliphatic heterocycles. The molecule has 0 aliphatic carbocycles. The van der Waals surface area contributed by atoms with Crippen LogP contribution in [0.2, 0.25) is 15.1 Å². The zero-order valence-corrected chi connectivity index (χ0v) is 20.8. The Morgan fingerprint density at radius 3 is 2.53 bits per heavy atom. The highest BCUT2D eigenvalue weighted by atomic mass is 35.5. The fourth-order valence-corrected chi connectivity index (χ4v) is 5.05. The average molecular weight is 528 g/mol. The molecule has 2 aliphatic rings. The maximum Gasteiger partial charge on any atom is 0.407 e. The molecule has 2 amide bonds. The summed E-state index contributed by atoms with van der Waals surface area (Å²) in [5.41, 5.74) is 0.858. The van der Waals surface area contributed by atoms with Gasteiger partial charge in [0, 0.05) is 42.8 Å². The minimum atomic E-state index is -1.04. The first-order chi connectivity index (χ1) is 16.2. The van der Waals surface area contributed by atoms with Gasteiger partial charge >= 0.3 is 6.09 Å². The van der Waals surface area contributed by atoms with E-state index in [1.807, 2.05) is 17.9 Å². The summed E-state index contributed by atoms with van der Waals surface area (Å²) in [5, 5.41) is 14.1. The maximum atomic E-state index is 12.9. The zero-order chi connectivity index (χ0) is 24.4. The van der Waals surface area contributed by atoms with Crippen LogP contribution in [-0.4, -0.2) is 75.6 Å². The lowest BCUT2D eigenvalue weighted by molar-refractivity contribution is -0.135. The Kier molecular flexibility index (Phi) is 7.54. The van der Waals surface area contributed by atoms with Crippen LogP contribution < -0.4 is 10.2 Å². The van der Waals surface area contributed by atoms with Crippen LogP contribution in [0.1, 0.15) is 31.4 Å². The number of piperazine rings is 1. The number of hydrogen-bond acceptors (Lipinski definition) is 6. The molecule has 2 N–H and O–H groups in total. The molecule has 9 nitrogen and oxygen atoms in total. The summed E-state index contributed by atoms with van der Waals surface area (Å²) >= 11 is 18.7. The fraction of sp³-hybridized carbons (Fsp3) is 0.455. The van der Waals surface area contributed by atoms with E-state index in [9.17, 15) is 14.7 Å². The number of carbonyl (C=O) groups excluding carboxylic acids is 1. The van der Waals surface area contributed by atoms with Gasteiger partial charge in [-0.1, -0.05) is 40.9 Å². The lowest BCUT2D eigenvalue weighted by atomic mass is 10.1. The number of hydrogen-bond donors (Lipinski definition) is 2. The fourth-order valence-electron chi connectivity index (χ4n) is 4.34. The molecule has 182 valence electrons. The van der Waals surface area contributed by atoms with Crippen molar-refractivity contribution in [2.24, 2.45) is 0 Å². The van der Waals surface area contributed by atoms with Crippen LogP contribution in [0.5, 0.6) is 0 Å². The molecule has 0 bridgehead atoms. The molecule has 1 aromatic heterocycles. The van der Waals surface area contributed by atoms with Crippen molar-refractivity contribution in [2.45, 2.75) is 31.8 Å². The summed E-state index contributed by atoms with van der Waals surface area (Å²) < 4.78 is 0. The number of benzene rings is 1. The van der Waals surface area contributed by atoms with Gasteiger partial charge in [-0.3, -0.25) is 9.69 Å². The van der Waals surface area contributed by atoms with Gasteiger partial charge in [-0.05, 0) is 37.5 Å². The van der Waals surface area contributed by atoms with E-state index in [0.717, 1.165) is 5.56 Å². The smallest absolute Gasteiger partial charge is 0.407 e. The van der Waals surface area contributed by atoms with Crippen molar-refractivity contribution in [1.82, 2.24) is 19.8 Å². The van der Waals surface area contributed by atoms with Gasteiger partial charge in [0.05, 0.1) is 12.2 Å². The largest absolute Gasteiger partial charge is 0.465 e. The summed E-state index contributed by atoms with van der Waals surface area (Å²) in [7, 11) is 0. The van der Waals surface area contributed by atoms with E-state index in [-0.39, 0.29) is 11.9 Å². The third kappa shape index (κ3) is 5.26. The van der Waals surface area contributed by atoms with Gasteiger partial charge in [-0.15, -0.1) is 0 Å². The van der Waals surface area contributed by atoms with Crippen molar-refractivity contribution >= 4 is 58.6 Å². The number of rotatable bonds is 5. The Morgan fingerprint density at radius 1 is 1.12 bits per heavy atom. The van der Waals surface area contributed by atoms with Crippen LogP contribution >= 0.6 is 34.8 Å². The van der Waals surface area contributed by atoms with Gasteiger partial charge in [-0.2, -0.15) is 4.98 Å². The second-order valence-corrected chi connectivity index (χ2v) is 9.60. The molecule has 2 aromatic rings. The third-order valence-electron chi connectivity index (χ3n) is 6.17. The molecule has 2 atom stereocenters. The van der Waals surface area contributed by atoms with Gasteiger partial charge in [-0.25, -0.2) is 9.78 Å². The number of nitrogens with one attached hydrogen (secondary N) is 1. The number of carbonyl (C=O) groups is 2. The van der Waals surface area contributed by atoms with E-state index in [1.165, 1.54) is 4.90 Å². The van der Waals surface area contributed by atoms with Crippen LogP contribution in [-0.2, 0) is 4.79 Å². The van der Waals surface area contributed by atoms with Crippen molar-refractivity contribution in [3.8, 4) is 0 Å². The van der Waals surface area contributed by atoms with Crippen LogP contribution in [0.3, 0.4) is 0 Å². The minimum absolute atomic E-state index is 0.132. The summed E-state index contributed by atoms with van der Waals surface area (Å²) in [6.07, 6.45) is 1.77. The highest BCUT2D eigenvalue weighted by molar-refractivity contribution is 6.35. The van der Waals surface area contributed by atoms with Crippen LogP contribution in [0.4, 0.5) is 16.6 Å². The lowest BCUT2D eigenvalue weighted by Crippen LogP contribution is -2.54. The van der Waals surface area contributed by atoms with Crippen molar-refractivity contribution in [3.05, 3.63) is 45.0 Å². The standard InChI is InChI=1S/C22H25Cl3N6O3/c1-13(15-5-4-14(23)11-16(15)24)27-19-17(25)12-26-21(28-19)30-9-7-29(8-10-30)20(32)18-3-2-6-31(18)22(33)34/h4-5,11-13,18H,2-3,6-10H2,1H3,(H,33,34)(H,26,27,28)/t13-,18+/m1/s1. The first-order valence-corrected chi connectivity index (χ1v) is 12.2. The molecule has 2 saturated heterocycles. The second-order valence-electron chi connectivity index (χ2n) is 8.34. The average Bonchev–Trinajstić information content (AvgIpc) is 3.30. The van der Waals surface area contributed by atoms with Gasteiger partial charge in [0.2, 0.25) is 11.9 Å². The minimum Gasteiger partial charge on any atom is -0.465 e. The van der Waals surface area contributed by atoms with Crippen LogP contribution in [0.25, 0.3) is 0 Å². The molecule has 12 heteroatoms. The molecule has 4 rings (SSSR count). The first-order valence-electron chi connectivity index (χ1n) is 11.0. The number of carboxylic acid groups (broad SMARTS) is 1. The second kappa shape index (κ2) is 10.4. The van der Waals surface area contributed by atoms with E-state index in [4.69, 9.17) is 34.8 Å². The van der Waals surface area contributed by atoms with E-state index in [1.54, 1.807) is 23.2 Å². The molecule has 0 radical (unpaired) electrons. The quantitative estimate of drug-likeness (QED) is 0.594. The van der Waals surface area contributed by atoms with Gasteiger partial charge in [0.25, 0.3) is 0 Å². The van der Waals surface area contributed by atoms with Crippen molar-refractivity contribution in [2.75, 3.05) is 42.9 Å². The molecule has 2 fully saturated rings. The summed E-state index contributed by atoms with van der Waals surface area (Å²) in [5.74, 6) is 0.848. The molecule has 0 saturated carbocycles. The van der Waals surface area contributed by atoms with Crippen LogP contribution in [0, 0.1) is 0 Å². The van der Waals surface area contributed by atoms with Crippen molar-refractivity contribution in [3.63, 3.8) is 0 Å². The van der Waals surface area contributed by atoms with E-state index < -0.39 is 12.1 Å². The molecule has 34 heavy (non-hydrogen) atoms. The third-order valence-corrected chi connectivity index (χ3v) is 7.01. The van der Waals surface area contributed by atoms with Crippen LogP contribution in [0.15, 0.2) is 24.4 Å². The normalized spacial score (nSPS) is 19.3. The number of anilines is 2. The Balaban J connectivity index is 1.40. The van der Waals surface area contributed by atoms with E-state index in [0.29, 0.717) is 72.4 Å². The summed E-state index contributed by atoms with van der Waals surface area (Å²) in [6, 6.07) is 4.54. The highest BCUT2D eigenvalue weighted by Crippen LogP contribution is 2.31. The van der Waals surface area contributed by atoms with Gasteiger partial charge in [0.15, 0.2) is 5.82 Å². The predicted octanol–water partition coefficient (Wildman–Crippen LogP) is 4.40. The number of likely N-dealkylation sites (tertiary alicyclic amines) is 1. The zero-order valence-electron chi connectivity index (χ0n) is 18.5. The topological polar surface area (TPSA) is 102 Å². The number of nitrogens with zero attached hydrogens (tertiary/aromatic N) is 5. The molecular formula is C22H25Cl3N6O3. The molecular weight excluding hydrogens is 503 g/mol. The maximum absolute atomic E-state index is 12.9. The van der Waals surface area contributed by atoms with Gasteiger partial charge < -0.3 is 20.2 Å². The first kappa shape index (κ1) is 24.6. The molecule has 3 heterocycles. The highest BCUT2D eigenvalue weighted by Gasteiger charge is 2.37. The Labute approximate surface area is 212 Å². The Hall–Kier alpha value is -2.49. The van der Waals surface area contributed by atoms with Gasteiger partial charge in [0.1, 0.15) is 11.1 Å². The lowest BCUT2D eigenvalue weighted by Gasteiger charge is -2.37.